The number of amides is 1. The topological polar surface area (TPSA) is 93.2 Å². The largest absolute Gasteiger partial charge is 0.506 e. The Balaban J connectivity index is 1.44. The van der Waals surface area contributed by atoms with Gasteiger partial charge >= 0.3 is 0 Å². The maximum atomic E-state index is 12.6. The Bertz CT molecular complexity index is 1410. The number of nitrogens with zero attached hydrogens (tertiary/aromatic N) is 3. The highest BCUT2D eigenvalue weighted by molar-refractivity contribution is 7.99. The van der Waals surface area contributed by atoms with Crippen molar-refractivity contribution in [1.82, 2.24) is 14.8 Å². The van der Waals surface area contributed by atoms with E-state index in [-0.39, 0.29) is 17.4 Å². The third-order valence-electron chi connectivity index (χ3n) is 5.05. The minimum Gasteiger partial charge on any atom is -0.506 e. The van der Waals surface area contributed by atoms with E-state index >= 15 is 0 Å². The Labute approximate surface area is 194 Å². The standard InChI is InChI=1S/C25H20N4O3S/c1-16-11-12-20(30)19(13-16)26-23(31)15-33-25-28-27-24(29(25)18-8-3-2-4-9-18)22-14-17-7-5-6-10-21(17)32-22/h2-14,30H,15H2,1H3,(H,26,31). The van der Waals surface area contributed by atoms with Crippen molar-refractivity contribution in [2.45, 2.75) is 12.1 Å². The zero-order chi connectivity index (χ0) is 22.8. The van der Waals surface area contributed by atoms with Gasteiger partial charge in [0.1, 0.15) is 11.3 Å². The zero-order valence-electron chi connectivity index (χ0n) is 17.7. The normalized spacial score (nSPS) is 11.1. The second kappa shape index (κ2) is 8.84. The first kappa shape index (κ1) is 20.8. The van der Waals surface area contributed by atoms with Crippen molar-refractivity contribution >= 4 is 34.3 Å². The molecule has 0 bridgehead atoms. The van der Waals surface area contributed by atoms with Crippen molar-refractivity contribution in [1.29, 1.82) is 0 Å². The van der Waals surface area contributed by atoms with Crippen LogP contribution in [0.2, 0.25) is 0 Å². The van der Waals surface area contributed by atoms with Gasteiger partial charge in [-0.2, -0.15) is 0 Å². The first-order chi connectivity index (χ1) is 16.1. The van der Waals surface area contributed by atoms with Gasteiger partial charge in [0.15, 0.2) is 10.9 Å². The van der Waals surface area contributed by atoms with Gasteiger partial charge in [0.05, 0.1) is 11.4 Å². The van der Waals surface area contributed by atoms with Crippen LogP contribution in [-0.4, -0.2) is 31.5 Å². The van der Waals surface area contributed by atoms with Gasteiger partial charge in [0, 0.05) is 11.1 Å². The minimum atomic E-state index is -0.256. The van der Waals surface area contributed by atoms with Crippen LogP contribution in [0.1, 0.15) is 5.56 Å². The Kier molecular flexibility index (Phi) is 5.58. The first-order valence-electron chi connectivity index (χ1n) is 10.3. The molecule has 2 heterocycles. The number of benzene rings is 3. The molecule has 164 valence electrons. The summed E-state index contributed by atoms with van der Waals surface area (Å²) in [5.41, 5.74) is 2.95. The Morgan fingerprint density at radius 1 is 1.03 bits per heavy atom. The molecule has 0 aliphatic rings. The van der Waals surface area contributed by atoms with Gasteiger partial charge in [-0.15, -0.1) is 10.2 Å². The fourth-order valence-electron chi connectivity index (χ4n) is 3.49. The van der Waals surface area contributed by atoms with Gasteiger partial charge in [-0.25, -0.2) is 0 Å². The highest BCUT2D eigenvalue weighted by atomic mass is 32.2. The second-order valence-corrected chi connectivity index (χ2v) is 8.43. The number of anilines is 1. The number of aromatic nitrogens is 3. The number of aromatic hydroxyl groups is 1. The van der Waals surface area contributed by atoms with Crippen molar-refractivity contribution in [2.24, 2.45) is 0 Å². The quantitative estimate of drug-likeness (QED) is 0.262. The maximum Gasteiger partial charge on any atom is 0.234 e. The van der Waals surface area contributed by atoms with E-state index in [0.717, 1.165) is 22.2 Å². The van der Waals surface area contributed by atoms with E-state index in [4.69, 9.17) is 4.42 Å². The number of phenols is 1. The molecule has 0 aliphatic heterocycles. The molecular weight excluding hydrogens is 436 g/mol. The van der Waals surface area contributed by atoms with Crippen LogP contribution in [0.5, 0.6) is 5.75 Å². The van der Waals surface area contributed by atoms with Crippen LogP contribution in [0, 0.1) is 6.92 Å². The number of hydrogen-bond donors (Lipinski definition) is 2. The SMILES string of the molecule is Cc1ccc(O)c(NC(=O)CSc2nnc(-c3cc4ccccc4o3)n2-c2ccccc2)c1. The number of aryl methyl sites for hydroxylation is 1. The number of hydrogen-bond acceptors (Lipinski definition) is 6. The summed E-state index contributed by atoms with van der Waals surface area (Å²) >= 11 is 1.26. The molecule has 0 spiro atoms. The monoisotopic (exact) mass is 456 g/mol. The summed E-state index contributed by atoms with van der Waals surface area (Å²) in [6, 6.07) is 24.4. The number of nitrogens with one attached hydrogen (secondary N) is 1. The van der Waals surface area contributed by atoms with Crippen LogP contribution >= 0.6 is 11.8 Å². The predicted octanol–water partition coefficient (Wildman–Crippen LogP) is 5.43. The molecule has 8 heteroatoms. The summed E-state index contributed by atoms with van der Waals surface area (Å²) in [6.45, 7) is 1.89. The van der Waals surface area contributed by atoms with Crippen molar-refractivity contribution in [3.63, 3.8) is 0 Å². The van der Waals surface area contributed by atoms with Gasteiger partial charge in [-0.05, 0) is 48.9 Å². The average molecular weight is 457 g/mol. The summed E-state index contributed by atoms with van der Waals surface area (Å²) < 4.78 is 7.89. The lowest BCUT2D eigenvalue weighted by Crippen LogP contribution is -2.14. The molecule has 0 saturated heterocycles. The molecule has 0 aliphatic carbocycles. The lowest BCUT2D eigenvalue weighted by atomic mass is 10.2. The van der Waals surface area contributed by atoms with Crippen LogP contribution in [0.3, 0.4) is 0 Å². The van der Waals surface area contributed by atoms with E-state index in [0.29, 0.717) is 22.4 Å². The predicted molar refractivity (Wildman–Crippen MR) is 129 cm³/mol. The number of carbonyl (C=O) groups excluding carboxylic acids is 1. The molecule has 2 N–H and O–H groups in total. The second-order valence-electron chi connectivity index (χ2n) is 7.48. The van der Waals surface area contributed by atoms with E-state index in [9.17, 15) is 9.90 Å². The molecule has 0 unspecified atom stereocenters. The fourth-order valence-corrected chi connectivity index (χ4v) is 4.24. The molecule has 5 aromatic rings. The number of thioether (sulfide) groups is 1. The Hall–Kier alpha value is -4.04. The van der Waals surface area contributed by atoms with E-state index in [1.807, 2.05) is 72.2 Å². The van der Waals surface area contributed by atoms with Crippen LogP contribution in [0.4, 0.5) is 5.69 Å². The van der Waals surface area contributed by atoms with E-state index in [2.05, 4.69) is 15.5 Å². The molecule has 0 atom stereocenters. The smallest absolute Gasteiger partial charge is 0.234 e. The van der Waals surface area contributed by atoms with Gasteiger partial charge in [0.25, 0.3) is 0 Å². The third kappa shape index (κ3) is 4.33. The number of fused-ring (bicyclic) bond motifs is 1. The lowest BCUT2D eigenvalue weighted by molar-refractivity contribution is -0.113. The maximum absolute atomic E-state index is 12.6. The molecule has 0 radical (unpaired) electrons. The summed E-state index contributed by atoms with van der Waals surface area (Å²) in [5, 5.41) is 23.0. The number of furan rings is 1. The number of carbonyl (C=O) groups is 1. The summed E-state index contributed by atoms with van der Waals surface area (Å²) in [5.74, 6) is 1.01. The average Bonchev–Trinajstić information content (AvgIpc) is 3.44. The van der Waals surface area contributed by atoms with Gasteiger partial charge in [-0.3, -0.25) is 9.36 Å². The highest BCUT2D eigenvalue weighted by Gasteiger charge is 2.20. The molecule has 7 nitrogen and oxygen atoms in total. The van der Waals surface area contributed by atoms with Crippen LogP contribution in [0.25, 0.3) is 28.2 Å². The van der Waals surface area contributed by atoms with Crippen LogP contribution in [0.15, 0.2) is 88.4 Å². The molecule has 3 aromatic carbocycles. The molecule has 0 fully saturated rings. The Morgan fingerprint density at radius 2 is 1.82 bits per heavy atom. The minimum absolute atomic E-state index is 0.0265. The number of rotatable bonds is 6. The Morgan fingerprint density at radius 3 is 2.64 bits per heavy atom. The van der Waals surface area contributed by atoms with Gasteiger partial charge in [-0.1, -0.05) is 54.2 Å². The van der Waals surface area contributed by atoms with Crippen molar-refractivity contribution in [3.8, 4) is 23.0 Å². The van der Waals surface area contributed by atoms with Crippen molar-refractivity contribution in [2.75, 3.05) is 11.1 Å². The fraction of sp³-hybridized carbons (Fsp3) is 0.0800. The summed E-state index contributed by atoms with van der Waals surface area (Å²) in [4.78, 5) is 12.6. The third-order valence-corrected chi connectivity index (χ3v) is 5.98. The van der Waals surface area contributed by atoms with Gasteiger partial charge in [0.2, 0.25) is 11.7 Å². The van der Waals surface area contributed by atoms with E-state index < -0.39 is 0 Å². The van der Waals surface area contributed by atoms with Crippen molar-refractivity contribution in [3.05, 3.63) is 84.4 Å². The molecule has 33 heavy (non-hydrogen) atoms. The molecule has 5 rings (SSSR count). The molecule has 2 aromatic heterocycles. The number of para-hydroxylation sites is 2. The van der Waals surface area contributed by atoms with Gasteiger partial charge < -0.3 is 14.8 Å². The van der Waals surface area contributed by atoms with Crippen molar-refractivity contribution < 1.29 is 14.3 Å². The first-order valence-corrected chi connectivity index (χ1v) is 11.3. The molecule has 1 amide bonds. The lowest BCUT2D eigenvalue weighted by Gasteiger charge is -2.10. The highest BCUT2D eigenvalue weighted by Crippen LogP contribution is 2.32. The summed E-state index contributed by atoms with van der Waals surface area (Å²) in [7, 11) is 0. The summed E-state index contributed by atoms with van der Waals surface area (Å²) in [6.07, 6.45) is 0. The number of phenolic OH excluding ortho intramolecular Hbond substituents is 1. The van der Waals surface area contributed by atoms with Crippen LogP contribution in [-0.2, 0) is 4.79 Å². The molecule has 0 saturated carbocycles. The zero-order valence-corrected chi connectivity index (χ0v) is 18.5. The van der Waals surface area contributed by atoms with E-state index in [1.54, 1.807) is 18.2 Å². The van der Waals surface area contributed by atoms with E-state index in [1.165, 1.54) is 11.8 Å². The van der Waals surface area contributed by atoms with Crippen LogP contribution < -0.4 is 5.32 Å². The molecular formula is C25H20N4O3S.